The van der Waals surface area contributed by atoms with Crippen molar-refractivity contribution in [2.24, 2.45) is 0 Å². The van der Waals surface area contributed by atoms with E-state index in [1.807, 2.05) is 53.8 Å². The summed E-state index contributed by atoms with van der Waals surface area (Å²) < 4.78 is 20.6. The third-order valence-corrected chi connectivity index (χ3v) is 6.26. The molecular weight excluding hydrogens is 433 g/mol. The van der Waals surface area contributed by atoms with Gasteiger partial charge in [0.25, 0.3) is 5.91 Å². The molecule has 0 saturated carbocycles. The largest absolute Gasteiger partial charge is 0.463 e. The molecule has 0 N–H and O–H groups in total. The predicted molar refractivity (Wildman–Crippen MR) is 128 cm³/mol. The number of nitrogens with zero attached hydrogens (tertiary/aromatic N) is 5. The van der Waals surface area contributed by atoms with Crippen LogP contribution in [0.5, 0.6) is 0 Å². The van der Waals surface area contributed by atoms with Gasteiger partial charge in [-0.05, 0) is 56.2 Å². The summed E-state index contributed by atoms with van der Waals surface area (Å²) in [5.74, 6) is 0.371. The Morgan fingerprint density at radius 3 is 2.68 bits per heavy atom. The maximum Gasteiger partial charge on any atom is 0.254 e. The van der Waals surface area contributed by atoms with E-state index >= 15 is 0 Å². The second kappa shape index (κ2) is 9.38. The number of benzene rings is 1. The molecule has 0 radical (unpaired) electrons. The van der Waals surface area contributed by atoms with Gasteiger partial charge in [0.05, 0.1) is 23.4 Å². The molecule has 176 valence electrons. The summed E-state index contributed by atoms with van der Waals surface area (Å²) in [5, 5.41) is 5.26. The lowest BCUT2D eigenvalue weighted by Crippen LogP contribution is -2.35. The molecule has 1 saturated heterocycles. The Hall–Kier alpha value is -3.52. The first-order valence-corrected chi connectivity index (χ1v) is 11.7. The van der Waals surface area contributed by atoms with Crippen molar-refractivity contribution in [1.82, 2.24) is 24.6 Å². The number of pyridine rings is 1. The standard InChI is InChI=1S/C26H28FN5O2/c1-18(2)32-25-22(16-28-32)21(15-23(29-25)24-5-3-14-34-24)26(33)31-11-4-10-30(12-13-31)17-19-6-8-20(27)9-7-19/h3,5-9,14-16,18H,4,10-13,17H2,1-2H3. The molecule has 5 rings (SSSR count). The first-order chi connectivity index (χ1) is 16.5. The molecule has 0 aliphatic carbocycles. The third kappa shape index (κ3) is 4.46. The lowest BCUT2D eigenvalue weighted by atomic mass is 10.1. The van der Waals surface area contributed by atoms with Gasteiger partial charge in [0.1, 0.15) is 11.5 Å². The summed E-state index contributed by atoms with van der Waals surface area (Å²) in [4.78, 5) is 22.7. The Bertz CT molecular complexity index is 1280. The van der Waals surface area contributed by atoms with Gasteiger partial charge in [0.15, 0.2) is 11.4 Å². The van der Waals surface area contributed by atoms with E-state index < -0.39 is 0 Å². The Morgan fingerprint density at radius 2 is 1.94 bits per heavy atom. The highest BCUT2D eigenvalue weighted by atomic mass is 19.1. The zero-order valence-corrected chi connectivity index (χ0v) is 19.4. The zero-order valence-electron chi connectivity index (χ0n) is 19.4. The number of amides is 1. The topological polar surface area (TPSA) is 67.4 Å². The van der Waals surface area contributed by atoms with Gasteiger partial charge in [0.2, 0.25) is 0 Å². The molecule has 3 aromatic heterocycles. The molecular formula is C26H28FN5O2. The predicted octanol–water partition coefficient (Wildman–Crippen LogP) is 4.76. The minimum atomic E-state index is -0.227. The fourth-order valence-corrected chi connectivity index (χ4v) is 4.47. The van der Waals surface area contributed by atoms with E-state index in [9.17, 15) is 9.18 Å². The molecule has 1 fully saturated rings. The van der Waals surface area contributed by atoms with Crippen molar-refractivity contribution in [3.63, 3.8) is 0 Å². The molecule has 34 heavy (non-hydrogen) atoms. The van der Waals surface area contributed by atoms with Crippen LogP contribution >= 0.6 is 0 Å². The monoisotopic (exact) mass is 461 g/mol. The van der Waals surface area contributed by atoms with Crippen LogP contribution in [0.2, 0.25) is 0 Å². The van der Waals surface area contributed by atoms with E-state index in [0.29, 0.717) is 35.8 Å². The molecule has 1 aliphatic rings. The van der Waals surface area contributed by atoms with E-state index in [-0.39, 0.29) is 17.8 Å². The van der Waals surface area contributed by atoms with Crippen molar-refractivity contribution in [3.05, 3.63) is 71.9 Å². The summed E-state index contributed by atoms with van der Waals surface area (Å²) in [6.07, 6.45) is 4.21. The van der Waals surface area contributed by atoms with E-state index in [2.05, 4.69) is 10.00 Å². The third-order valence-electron chi connectivity index (χ3n) is 6.26. The molecule has 1 amide bonds. The summed E-state index contributed by atoms with van der Waals surface area (Å²) >= 11 is 0. The van der Waals surface area contributed by atoms with E-state index in [1.54, 1.807) is 12.5 Å². The average molecular weight is 462 g/mol. The van der Waals surface area contributed by atoms with Crippen LogP contribution in [0.15, 0.2) is 59.3 Å². The number of hydrogen-bond donors (Lipinski definition) is 0. The van der Waals surface area contributed by atoms with Crippen LogP contribution in [0, 0.1) is 5.82 Å². The maximum atomic E-state index is 13.7. The summed E-state index contributed by atoms with van der Waals surface area (Å²) in [6.45, 7) is 7.77. The van der Waals surface area contributed by atoms with Crippen molar-refractivity contribution >= 4 is 16.9 Å². The fourth-order valence-electron chi connectivity index (χ4n) is 4.47. The Morgan fingerprint density at radius 1 is 1.12 bits per heavy atom. The normalized spacial score (nSPS) is 15.2. The van der Waals surface area contributed by atoms with Crippen LogP contribution in [-0.4, -0.2) is 56.7 Å². The summed E-state index contributed by atoms with van der Waals surface area (Å²) in [7, 11) is 0. The van der Waals surface area contributed by atoms with Gasteiger partial charge in [-0.1, -0.05) is 12.1 Å². The quantitative estimate of drug-likeness (QED) is 0.429. The molecule has 4 heterocycles. The Balaban J connectivity index is 1.41. The highest BCUT2D eigenvalue weighted by Gasteiger charge is 2.25. The maximum absolute atomic E-state index is 13.7. The summed E-state index contributed by atoms with van der Waals surface area (Å²) in [5.41, 5.74) is 2.97. The fraction of sp³-hybridized carbons (Fsp3) is 0.346. The van der Waals surface area contributed by atoms with E-state index in [4.69, 9.17) is 9.40 Å². The Kier molecular flexibility index (Phi) is 6.15. The molecule has 1 aliphatic heterocycles. The molecule has 4 aromatic rings. The van der Waals surface area contributed by atoms with Crippen LogP contribution in [0.25, 0.3) is 22.5 Å². The van der Waals surface area contributed by atoms with Crippen LogP contribution < -0.4 is 0 Å². The number of hydrogen-bond acceptors (Lipinski definition) is 5. The van der Waals surface area contributed by atoms with E-state index in [1.165, 1.54) is 12.1 Å². The number of rotatable bonds is 5. The number of halogens is 1. The van der Waals surface area contributed by atoms with Crippen molar-refractivity contribution in [3.8, 4) is 11.5 Å². The summed E-state index contributed by atoms with van der Waals surface area (Å²) in [6, 6.07) is 12.2. The first kappa shape index (κ1) is 22.3. The molecule has 0 spiro atoms. The lowest BCUT2D eigenvalue weighted by Gasteiger charge is -2.22. The van der Waals surface area contributed by atoms with Crippen molar-refractivity contribution in [2.75, 3.05) is 26.2 Å². The molecule has 8 heteroatoms. The number of aromatic nitrogens is 3. The smallest absolute Gasteiger partial charge is 0.254 e. The Labute approximate surface area is 197 Å². The first-order valence-electron chi connectivity index (χ1n) is 11.7. The van der Waals surface area contributed by atoms with Crippen LogP contribution in [0.4, 0.5) is 4.39 Å². The van der Waals surface area contributed by atoms with Crippen molar-refractivity contribution < 1.29 is 13.6 Å². The lowest BCUT2D eigenvalue weighted by molar-refractivity contribution is 0.0763. The minimum absolute atomic E-state index is 0.0212. The average Bonchev–Trinajstić information content (AvgIpc) is 3.46. The second-order valence-electron chi connectivity index (χ2n) is 9.00. The molecule has 0 atom stereocenters. The number of furan rings is 1. The van der Waals surface area contributed by atoms with Gasteiger partial charge < -0.3 is 9.32 Å². The van der Waals surface area contributed by atoms with Gasteiger partial charge in [-0.25, -0.2) is 14.1 Å². The number of carbonyl (C=O) groups is 1. The molecule has 7 nitrogen and oxygen atoms in total. The van der Waals surface area contributed by atoms with Gasteiger partial charge >= 0.3 is 0 Å². The number of carbonyl (C=O) groups excluding carboxylic acids is 1. The minimum Gasteiger partial charge on any atom is -0.463 e. The van der Waals surface area contributed by atoms with Crippen LogP contribution in [0.1, 0.15) is 42.2 Å². The molecule has 0 unspecified atom stereocenters. The molecule has 1 aromatic carbocycles. The van der Waals surface area contributed by atoms with Gasteiger partial charge in [-0.3, -0.25) is 9.69 Å². The van der Waals surface area contributed by atoms with Crippen molar-refractivity contribution in [2.45, 2.75) is 32.9 Å². The highest BCUT2D eigenvalue weighted by Crippen LogP contribution is 2.28. The zero-order chi connectivity index (χ0) is 23.7. The SMILES string of the molecule is CC(C)n1ncc2c(C(=O)N3CCCN(Cc4ccc(F)cc4)CC3)cc(-c3ccco3)nc21. The number of fused-ring (bicyclic) bond motifs is 1. The van der Waals surface area contributed by atoms with Crippen molar-refractivity contribution in [1.29, 1.82) is 0 Å². The molecule has 0 bridgehead atoms. The van der Waals surface area contributed by atoms with Gasteiger partial charge in [0, 0.05) is 38.8 Å². The van der Waals surface area contributed by atoms with Gasteiger partial charge in [-0.15, -0.1) is 0 Å². The second-order valence-corrected chi connectivity index (χ2v) is 9.00. The van der Waals surface area contributed by atoms with Gasteiger partial charge in [-0.2, -0.15) is 5.10 Å². The van der Waals surface area contributed by atoms with Crippen LogP contribution in [-0.2, 0) is 6.54 Å². The van der Waals surface area contributed by atoms with Crippen LogP contribution in [0.3, 0.4) is 0 Å². The van der Waals surface area contributed by atoms with E-state index in [0.717, 1.165) is 37.0 Å². The highest BCUT2D eigenvalue weighted by molar-refractivity contribution is 6.06.